The van der Waals surface area contributed by atoms with Gasteiger partial charge in [-0.05, 0) is 32.9 Å². The number of carbonyl (C=O) groups excluding carboxylic acids is 1. The molecule has 116 valence electrons. The van der Waals surface area contributed by atoms with E-state index in [0.29, 0.717) is 17.3 Å². The van der Waals surface area contributed by atoms with Crippen LogP contribution in [0, 0.1) is 6.92 Å². The Bertz CT molecular complexity index is 695. The number of oxime groups is 1. The minimum Gasteiger partial charge on any atom is -0.320 e. The lowest BCUT2D eigenvalue weighted by molar-refractivity contribution is 0.151. The molecule has 1 aromatic carbocycles. The van der Waals surface area contributed by atoms with E-state index in [0.717, 1.165) is 21.1 Å². The maximum absolute atomic E-state index is 11.3. The quantitative estimate of drug-likeness (QED) is 0.515. The first kappa shape index (κ1) is 16.5. The molecule has 0 bridgehead atoms. The second-order valence-electron chi connectivity index (χ2n) is 4.53. The summed E-state index contributed by atoms with van der Waals surface area (Å²) in [5.41, 5.74) is 2.44. The summed E-state index contributed by atoms with van der Waals surface area (Å²) in [7, 11) is 0. The molecule has 0 spiro atoms. The van der Waals surface area contributed by atoms with Gasteiger partial charge in [-0.15, -0.1) is 11.3 Å². The van der Waals surface area contributed by atoms with E-state index in [1.165, 1.54) is 11.3 Å². The van der Waals surface area contributed by atoms with Crippen molar-refractivity contribution in [3.63, 3.8) is 0 Å². The molecule has 22 heavy (non-hydrogen) atoms. The van der Waals surface area contributed by atoms with Crippen molar-refractivity contribution in [2.24, 2.45) is 5.16 Å². The summed E-state index contributed by atoms with van der Waals surface area (Å²) in [6, 6.07) is 7.49. The number of hydrogen-bond acceptors (Lipinski definition) is 5. The first-order chi connectivity index (χ1) is 10.5. The van der Waals surface area contributed by atoms with E-state index in [-0.39, 0.29) is 0 Å². The number of halogens is 1. The lowest BCUT2D eigenvalue weighted by atomic mass is 10.2. The minimum atomic E-state index is -0.568. The van der Waals surface area contributed by atoms with E-state index < -0.39 is 6.09 Å². The molecule has 0 unspecified atom stereocenters. The zero-order chi connectivity index (χ0) is 16.1. The maximum atomic E-state index is 11.3. The summed E-state index contributed by atoms with van der Waals surface area (Å²) in [4.78, 5) is 21.5. The van der Waals surface area contributed by atoms with E-state index >= 15 is 0 Å². The van der Waals surface area contributed by atoms with Gasteiger partial charge in [0.05, 0.1) is 16.3 Å². The molecule has 0 radical (unpaired) electrons. The van der Waals surface area contributed by atoms with Crippen LogP contribution in [0.4, 0.5) is 4.79 Å². The van der Waals surface area contributed by atoms with Gasteiger partial charge in [-0.1, -0.05) is 28.9 Å². The fourth-order valence-corrected chi connectivity index (χ4v) is 2.91. The summed E-state index contributed by atoms with van der Waals surface area (Å²) >= 11 is 7.39. The zero-order valence-corrected chi connectivity index (χ0v) is 14.1. The number of nitrogens with one attached hydrogen (secondary N) is 1. The first-order valence-corrected chi connectivity index (χ1v) is 7.94. The Morgan fingerprint density at radius 1 is 1.41 bits per heavy atom. The topological polar surface area (TPSA) is 63.6 Å². The van der Waals surface area contributed by atoms with Gasteiger partial charge in [0.1, 0.15) is 5.01 Å². The van der Waals surface area contributed by atoms with E-state index in [4.69, 9.17) is 16.4 Å². The fourth-order valence-electron chi connectivity index (χ4n) is 1.78. The minimum absolute atomic E-state index is 0.494. The monoisotopic (exact) mass is 337 g/mol. The highest BCUT2D eigenvalue weighted by atomic mass is 35.5. The van der Waals surface area contributed by atoms with E-state index in [9.17, 15) is 4.79 Å². The number of carbonyl (C=O) groups is 1. The van der Waals surface area contributed by atoms with Crippen LogP contribution in [0.15, 0.2) is 29.4 Å². The Kier molecular flexibility index (Phi) is 5.51. The molecule has 5 nitrogen and oxygen atoms in total. The molecule has 0 saturated carbocycles. The van der Waals surface area contributed by atoms with Crippen LogP contribution in [-0.2, 0) is 4.84 Å². The van der Waals surface area contributed by atoms with E-state index in [1.807, 2.05) is 38.1 Å². The third kappa shape index (κ3) is 4.05. The summed E-state index contributed by atoms with van der Waals surface area (Å²) in [6.45, 7) is 5.99. The molecule has 0 fully saturated rings. The van der Waals surface area contributed by atoms with Crippen LogP contribution in [0.1, 0.15) is 24.4 Å². The Hall–Kier alpha value is -1.92. The van der Waals surface area contributed by atoms with Crippen molar-refractivity contribution in [3.05, 3.63) is 39.9 Å². The highest BCUT2D eigenvalue weighted by Gasteiger charge is 2.13. The van der Waals surface area contributed by atoms with E-state index in [1.54, 1.807) is 6.92 Å². The Morgan fingerprint density at radius 3 is 2.73 bits per heavy atom. The zero-order valence-electron chi connectivity index (χ0n) is 12.5. The lowest BCUT2D eigenvalue weighted by Gasteiger charge is -2.00. The van der Waals surface area contributed by atoms with Crippen LogP contribution < -0.4 is 5.32 Å². The number of benzene rings is 1. The van der Waals surface area contributed by atoms with Crippen LogP contribution in [0.5, 0.6) is 0 Å². The van der Waals surface area contributed by atoms with Gasteiger partial charge in [-0.2, -0.15) is 0 Å². The SMILES string of the molecule is CCNC(=O)O/N=C(\C)c1sc(-c2ccc(Cl)cc2)nc1C. The lowest BCUT2D eigenvalue weighted by Crippen LogP contribution is -2.22. The second kappa shape index (κ2) is 7.38. The van der Waals surface area contributed by atoms with Crippen molar-refractivity contribution in [1.82, 2.24) is 10.3 Å². The number of nitrogens with zero attached hydrogens (tertiary/aromatic N) is 2. The molecular formula is C15H16ClN3O2S. The first-order valence-electron chi connectivity index (χ1n) is 6.74. The van der Waals surface area contributed by atoms with Gasteiger partial charge in [-0.25, -0.2) is 9.78 Å². The second-order valence-corrected chi connectivity index (χ2v) is 5.96. The number of aryl methyl sites for hydroxylation is 1. The van der Waals surface area contributed by atoms with Crippen molar-refractivity contribution in [1.29, 1.82) is 0 Å². The van der Waals surface area contributed by atoms with Gasteiger partial charge in [0.25, 0.3) is 0 Å². The molecule has 7 heteroatoms. The standard InChI is InChI=1S/C15H16ClN3O2S/c1-4-17-15(20)21-19-10(3)13-9(2)18-14(22-13)11-5-7-12(16)8-6-11/h5-8H,4H2,1-3H3,(H,17,20)/b19-10+. The molecule has 1 heterocycles. The van der Waals surface area contributed by atoms with Gasteiger partial charge in [0, 0.05) is 17.1 Å². The van der Waals surface area contributed by atoms with Crippen molar-refractivity contribution in [2.75, 3.05) is 6.54 Å². The van der Waals surface area contributed by atoms with Crippen molar-refractivity contribution in [3.8, 4) is 10.6 Å². The number of amides is 1. The average Bonchev–Trinajstić information content (AvgIpc) is 2.88. The molecular weight excluding hydrogens is 322 g/mol. The number of rotatable bonds is 4. The summed E-state index contributed by atoms with van der Waals surface area (Å²) < 4.78 is 0. The smallest absolute Gasteiger partial charge is 0.320 e. The molecule has 0 atom stereocenters. The van der Waals surface area contributed by atoms with Gasteiger partial charge in [-0.3, -0.25) is 4.84 Å². The molecule has 1 aromatic heterocycles. The predicted octanol–water partition coefficient (Wildman–Crippen LogP) is 4.24. The maximum Gasteiger partial charge on any atom is 0.433 e. The van der Waals surface area contributed by atoms with Crippen LogP contribution in [0.3, 0.4) is 0 Å². The Labute approximate surface area is 138 Å². The van der Waals surface area contributed by atoms with Crippen LogP contribution in [-0.4, -0.2) is 23.3 Å². The molecule has 1 N–H and O–H groups in total. The Balaban J connectivity index is 2.20. The van der Waals surface area contributed by atoms with Crippen molar-refractivity contribution >= 4 is 34.7 Å². The molecule has 2 aromatic rings. The third-order valence-electron chi connectivity index (χ3n) is 2.80. The molecule has 2 rings (SSSR count). The van der Waals surface area contributed by atoms with Gasteiger partial charge >= 0.3 is 6.09 Å². The summed E-state index contributed by atoms with van der Waals surface area (Å²) in [6.07, 6.45) is -0.568. The summed E-state index contributed by atoms with van der Waals surface area (Å²) in [5, 5.41) is 7.92. The Morgan fingerprint density at radius 2 is 2.09 bits per heavy atom. The largest absolute Gasteiger partial charge is 0.433 e. The number of aromatic nitrogens is 1. The van der Waals surface area contributed by atoms with Crippen LogP contribution in [0.25, 0.3) is 10.6 Å². The molecule has 0 aliphatic heterocycles. The van der Waals surface area contributed by atoms with E-state index in [2.05, 4.69) is 15.5 Å². The molecule has 0 aliphatic carbocycles. The summed E-state index contributed by atoms with van der Waals surface area (Å²) in [5.74, 6) is 0. The third-order valence-corrected chi connectivity index (χ3v) is 4.37. The van der Waals surface area contributed by atoms with Gasteiger partial charge in [0.2, 0.25) is 0 Å². The van der Waals surface area contributed by atoms with Gasteiger partial charge in [0.15, 0.2) is 0 Å². The van der Waals surface area contributed by atoms with Crippen LogP contribution >= 0.6 is 22.9 Å². The predicted molar refractivity (Wildman–Crippen MR) is 89.7 cm³/mol. The normalized spacial score (nSPS) is 11.4. The highest BCUT2D eigenvalue weighted by molar-refractivity contribution is 7.17. The van der Waals surface area contributed by atoms with Crippen LogP contribution in [0.2, 0.25) is 5.02 Å². The number of thiazole rings is 1. The average molecular weight is 338 g/mol. The molecule has 0 saturated heterocycles. The number of hydrogen-bond donors (Lipinski definition) is 1. The fraction of sp³-hybridized carbons (Fsp3) is 0.267. The molecule has 0 aliphatic rings. The highest BCUT2D eigenvalue weighted by Crippen LogP contribution is 2.29. The molecule has 1 amide bonds. The van der Waals surface area contributed by atoms with Crippen molar-refractivity contribution in [2.45, 2.75) is 20.8 Å². The van der Waals surface area contributed by atoms with Gasteiger partial charge < -0.3 is 5.32 Å². The van der Waals surface area contributed by atoms with Crippen molar-refractivity contribution < 1.29 is 9.63 Å².